The number of hydrogen-bond donors (Lipinski definition) is 0. The minimum atomic E-state index is 0.778. The maximum atomic E-state index is 5.81. The molecule has 0 aliphatic rings. The van der Waals surface area contributed by atoms with Crippen LogP contribution in [0.1, 0.15) is 25.3 Å². The molecule has 0 bridgehead atoms. The molecule has 0 atom stereocenters. The predicted octanol–water partition coefficient (Wildman–Crippen LogP) is 6.54. The minimum absolute atomic E-state index is 0.778. The van der Waals surface area contributed by atoms with Gasteiger partial charge in [-0.25, -0.2) is 4.98 Å². The zero-order valence-electron chi connectivity index (χ0n) is 15.3. The lowest BCUT2D eigenvalue weighted by atomic mass is 10.0. The lowest BCUT2D eigenvalue weighted by Gasteiger charge is -2.08. The summed E-state index contributed by atoms with van der Waals surface area (Å²) in [5, 5.41) is 3.58. The number of rotatable bonds is 5. The van der Waals surface area contributed by atoms with Crippen molar-refractivity contribution in [3.63, 3.8) is 0 Å². The first-order chi connectivity index (χ1) is 12.7. The third kappa shape index (κ3) is 3.41. The molecule has 3 aromatic carbocycles. The SMILES string of the molecule is CCCCOc1ccc2cc(-c3ccc4cc(C)ccc4n3)ccc2c1. The summed E-state index contributed by atoms with van der Waals surface area (Å²) in [6.07, 6.45) is 2.24. The summed E-state index contributed by atoms with van der Waals surface area (Å²) in [6.45, 7) is 5.06. The number of aromatic nitrogens is 1. The summed E-state index contributed by atoms with van der Waals surface area (Å²) in [4.78, 5) is 4.84. The number of aryl methyl sites for hydroxylation is 1. The molecule has 0 saturated heterocycles. The first-order valence-electron chi connectivity index (χ1n) is 9.27. The molecule has 1 heterocycles. The largest absolute Gasteiger partial charge is 0.494 e. The van der Waals surface area contributed by atoms with Crippen molar-refractivity contribution < 1.29 is 4.74 Å². The van der Waals surface area contributed by atoms with Gasteiger partial charge in [0.15, 0.2) is 0 Å². The molecule has 0 spiro atoms. The summed E-state index contributed by atoms with van der Waals surface area (Å²) in [7, 11) is 0. The smallest absolute Gasteiger partial charge is 0.119 e. The van der Waals surface area contributed by atoms with Crippen LogP contribution in [0.15, 0.2) is 66.7 Å². The van der Waals surface area contributed by atoms with Crippen molar-refractivity contribution in [2.24, 2.45) is 0 Å². The molecule has 0 radical (unpaired) electrons. The number of benzene rings is 3. The fourth-order valence-electron chi connectivity index (χ4n) is 3.21. The van der Waals surface area contributed by atoms with E-state index in [-0.39, 0.29) is 0 Å². The third-order valence-corrected chi connectivity index (χ3v) is 4.72. The highest BCUT2D eigenvalue weighted by Crippen LogP contribution is 2.27. The number of unbranched alkanes of at least 4 members (excludes halogenated alkanes) is 1. The van der Waals surface area contributed by atoms with E-state index in [1.807, 2.05) is 0 Å². The van der Waals surface area contributed by atoms with Gasteiger partial charge in [-0.1, -0.05) is 49.2 Å². The van der Waals surface area contributed by atoms with Crippen LogP contribution in [-0.2, 0) is 0 Å². The summed E-state index contributed by atoms with van der Waals surface area (Å²) in [5.41, 5.74) is 4.44. The third-order valence-electron chi connectivity index (χ3n) is 4.72. The normalized spacial score (nSPS) is 11.2. The summed E-state index contributed by atoms with van der Waals surface area (Å²) in [5.74, 6) is 0.942. The minimum Gasteiger partial charge on any atom is -0.494 e. The van der Waals surface area contributed by atoms with Crippen molar-refractivity contribution in [2.45, 2.75) is 26.7 Å². The second-order valence-electron chi connectivity index (χ2n) is 6.82. The van der Waals surface area contributed by atoms with Crippen LogP contribution >= 0.6 is 0 Å². The average Bonchev–Trinajstić information content (AvgIpc) is 2.67. The number of fused-ring (bicyclic) bond motifs is 2. The standard InChI is InChI=1S/C24H23NO/c1-3-4-13-26-22-10-8-18-15-21(7-6-19(18)16-22)24-12-9-20-14-17(2)5-11-23(20)25-24/h5-12,14-16H,3-4,13H2,1-2H3. The summed E-state index contributed by atoms with van der Waals surface area (Å²) >= 11 is 0. The Morgan fingerprint density at radius 1 is 0.808 bits per heavy atom. The molecular formula is C24H23NO. The molecule has 0 amide bonds. The van der Waals surface area contributed by atoms with Crippen LogP contribution in [-0.4, -0.2) is 11.6 Å². The molecule has 4 aromatic rings. The fraction of sp³-hybridized carbons (Fsp3) is 0.208. The molecule has 0 N–H and O–H groups in total. The zero-order valence-corrected chi connectivity index (χ0v) is 15.3. The van der Waals surface area contributed by atoms with E-state index in [0.717, 1.165) is 42.0 Å². The number of pyridine rings is 1. The van der Waals surface area contributed by atoms with Crippen molar-refractivity contribution in [1.29, 1.82) is 0 Å². The quantitative estimate of drug-likeness (QED) is 0.384. The van der Waals surface area contributed by atoms with Gasteiger partial charge in [-0.05, 0) is 60.5 Å². The first kappa shape index (κ1) is 16.6. The highest BCUT2D eigenvalue weighted by atomic mass is 16.5. The van der Waals surface area contributed by atoms with E-state index in [1.54, 1.807) is 0 Å². The Bertz CT molecular complexity index is 1070. The molecule has 2 heteroatoms. The van der Waals surface area contributed by atoms with Gasteiger partial charge in [0.1, 0.15) is 5.75 Å². The molecule has 0 fully saturated rings. The fourth-order valence-corrected chi connectivity index (χ4v) is 3.21. The maximum Gasteiger partial charge on any atom is 0.119 e. The Balaban J connectivity index is 1.66. The van der Waals surface area contributed by atoms with Crippen LogP contribution in [0.2, 0.25) is 0 Å². The Morgan fingerprint density at radius 2 is 1.62 bits per heavy atom. The Hall–Kier alpha value is -2.87. The summed E-state index contributed by atoms with van der Waals surface area (Å²) in [6, 6.07) is 23.4. The van der Waals surface area contributed by atoms with E-state index in [4.69, 9.17) is 9.72 Å². The Morgan fingerprint density at radius 3 is 2.50 bits per heavy atom. The van der Waals surface area contributed by atoms with Gasteiger partial charge in [-0.3, -0.25) is 0 Å². The Kier molecular flexibility index (Phi) is 4.57. The van der Waals surface area contributed by atoms with Gasteiger partial charge in [-0.2, -0.15) is 0 Å². The lowest BCUT2D eigenvalue weighted by molar-refractivity contribution is 0.310. The molecule has 0 aliphatic heterocycles. The van der Waals surface area contributed by atoms with Crippen molar-refractivity contribution in [1.82, 2.24) is 4.98 Å². The predicted molar refractivity (Wildman–Crippen MR) is 110 cm³/mol. The number of hydrogen-bond acceptors (Lipinski definition) is 2. The van der Waals surface area contributed by atoms with Gasteiger partial charge in [0.05, 0.1) is 17.8 Å². The first-order valence-corrected chi connectivity index (χ1v) is 9.27. The van der Waals surface area contributed by atoms with E-state index in [2.05, 4.69) is 80.6 Å². The molecule has 0 aliphatic carbocycles. The van der Waals surface area contributed by atoms with Gasteiger partial charge >= 0.3 is 0 Å². The number of nitrogens with zero attached hydrogens (tertiary/aromatic N) is 1. The lowest BCUT2D eigenvalue weighted by Crippen LogP contribution is -1.96. The molecule has 0 saturated carbocycles. The van der Waals surface area contributed by atoms with E-state index in [9.17, 15) is 0 Å². The van der Waals surface area contributed by atoms with Gasteiger partial charge in [0.2, 0.25) is 0 Å². The van der Waals surface area contributed by atoms with Gasteiger partial charge in [0, 0.05) is 10.9 Å². The molecule has 2 nitrogen and oxygen atoms in total. The molecule has 130 valence electrons. The van der Waals surface area contributed by atoms with E-state index in [0.29, 0.717) is 0 Å². The molecule has 0 unspecified atom stereocenters. The van der Waals surface area contributed by atoms with Crippen LogP contribution in [0.5, 0.6) is 5.75 Å². The van der Waals surface area contributed by atoms with Crippen molar-refractivity contribution in [2.75, 3.05) is 6.61 Å². The van der Waals surface area contributed by atoms with Crippen LogP contribution in [0.3, 0.4) is 0 Å². The van der Waals surface area contributed by atoms with Crippen molar-refractivity contribution in [3.05, 3.63) is 72.3 Å². The number of ether oxygens (including phenoxy) is 1. The molecule has 1 aromatic heterocycles. The van der Waals surface area contributed by atoms with Crippen molar-refractivity contribution in [3.8, 4) is 17.0 Å². The molecule has 4 rings (SSSR count). The maximum absolute atomic E-state index is 5.81. The van der Waals surface area contributed by atoms with Gasteiger partial charge in [0.25, 0.3) is 0 Å². The highest BCUT2D eigenvalue weighted by Gasteiger charge is 2.04. The van der Waals surface area contributed by atoms with Gasteiger partial charge in [-0.15, -0.1) is 0 Å². The summed E-state index contributed by atoms with van der Waals surface area (Å²) < 4.78 is 5.81. The van der Waals surface area contributed by atoms with Gasteiger partial charge < -0.3 is 4.74 Å². The topological polar surface area (TPSA) is 22.1 Å². The Labute approximate surface area is 154 Å². The molecule has 26 heavy (non-hydrogen) atoms. The van der Waals surface area contributed by atoms with E-state index in [1.165, 1.54) is 21.7 Å². The highest BCUT2D eigenvalue weighted by molar-refractivity contribution is 5.89. The van der Waals surface area contributed by atoms with E-state index >= 15 is 0 Å². The van der Waals surface area contributed by atoms with Crippen LogP contribution in [0.4, 0.5) is 0 Å². The molecular weight excluding hydrogens is 318 g/mol. The average molecular weight is 341 g/mol. The van der Waals surface area contributed by atoms with Crippen molar-refractivity contribution >= 4 is 21.7 Å². The van der Waals surface area contributed by atoms with Crippen LogP contribution in [0, 0.1) is 6.92 Å². The second kappa shape index (κ2) is 7.17. The zero-order chi connectivity index (χ0) is 17.9. The second-order valence-corrected chi connectivity index (χ2v) is 6.82. The van der Waals surface area contributed by atoms with Crippen LogP contribution < -0.4 is 4.74 Å². The monoisotopic (exact) mass is 341 g/mol. The van der Waals surface area contributed by atoms with E-state index < -0.39 is 0 Å². The van der Waals surface area contributed by atoms with Crippen LogP contribution in [0.25, 0.3) is 32.9 Å².